The number of aliphatic hydroxyl groups is 1. The third-order valence-corrected chi connectivity index (χ3v) is 4.93. The predicted octanol–water partition coefficient (Wildman–Crippen LogP) is 3.85. The first kappa shape index (κ1) is 19.8. The normalized spacial score (nSPS) is 23.6. The first-order valence-electron chi connectivity index (χ1n) is 8.95. The van der Waals surface area contributed by atoms with Gasteiger partial charge in [0.1, 0.15) is 6.10 Å². The van der Waals surface area contributed by atoms with Crippen molar-refractivity contribution in [2.75, 3.05) is 13.2 Å². The fraction of sp³-hybridized carbons (Fsp3) is 0.381. The molecular formula is C21H23ClO5. The summed E-state index contributed by atoms with van der Waals surface area (Å²) >= 11 is 6.18. The number of ether oxygens (including phenoxy) is 3. The third-order valence-electron chi connectivity index (χ3n) is 4.59. The Morgan fingerprint density at radius 1 is 1.22 bits per heavy atom. The maximum absolute atomic E-state index is 12.3. The topological polar surface area (TPSA) is 65.0 Å². The molecule has 0 aliphatic carbocycles. The fourth-order valence-electron chi connectivity index (χ4n) is 3.04. The average molecular weight is 391 g/mol. The van der Waals surface area contributed by atoms with Gasteiger partial charge in [-0.2, -0.15) is 0 Å². The number of hydrogen-bond donors (Lipinski definition) is 1. The number of esters is 1. The summed E-state index contributed by atoms with van der Waals surface area (Å²) in [5.74, 6) is -0.314. The van der Waals surface area contributed by atoms with Crippen LogP contribution in [0.15, 0.2) is 54.6 Å². The Labute approximate surface area is 163 Å². The summed E-state index contributed by atoms with van der Waals surface area (Å²) < 4.78 is 17.0. The van der Waals surface area contributed by atoms with Crippen LogP contribution in [0.1, 0.15) is 36.7 Å². The molecule has 5 nitrogen and oxygen atoms in total. The molecule has 4 unspecified atom stereocenters. The molecule has 0 bridgehead atoms. The lowest BCUT2D eigenvalue weighted by Gasteiger charge is -2.35. The molecule has 27 heavy (non-hydrogen) atoms. The predicted molar refractivity (Wildman–Crippen MR) is 101 cm³/mol. The van der Waals surface area contributed by atoms with Crippen molar-refractivity contribution in [3.63, 3.8) is 0 Å². The number of hydrogen-bond acceptors (Lipinski definition) is 5. The zero-order valence-corrected chi connectivity index (χ0v) is 15.8. The molecule has 0 spiro atoms. The van der Waals surface area contributed by atoms with Gasteiger partial charge in [-0.05, 0) is 17.5 Å². The van der Waals surface area contributed by atoms with Gasteiger partial charge < -0.3 is 19.3 Å². The van der Waals surface area contributed by atoms with Gasteiger partial charge in [0.15, 0.2) is 12.4 Å². The highest BCUT2D eigenvalue weighted by Crippen LogP contribution is 2.32. The van der Waals surface area contributed by atoms with E-state index in [0.29, 0.717) is 10.6 Å². The van der Waals surface area contributed by atoms with Crippen LogP contribution >= 0.6 is 11.6 Å². The van der Waals surface area contributed by atoms with Gasteiger partial charge in [0.25, 0.3) is 0 Å². The van der Waals surface area contributed by atoms with Crippen molar-refractivity contribution < 1.29 is 24.1 Å². The molecule has 2 aromatic carbocycles. The Bertz CT molecular complexity index is 751. The minimum absolute atomic E-state index is 0.0348. The van der Waals surface area contributed by atoms with Crippen molar-refractivity contribution in [1.82, 2.24) is 0 Å². The van der Waals surface area contributed by atoms with E-state index in [4.69, 9.17) is 25.8 Å². The molecule has 0 radical (unpaired) electrons. The largest absolute Gasteiger partial charge is 0.457 e. The van der Waals surface area contributed by atoms with Crippen LogP contribution in [0.4, 0.5) is 0 Å². The molecule has 1 saturated heterocycles. The Kier molecular flexibility index (Phi) is 6.85. The minimum atomic E-state index is -0.700. The molecule has 3 rings (SSSR count). The van der Waals surface area contributed by atoms with Gasteiger partial charge in [-0.25, -0.2) is 0 Å². The molecule has 0 amide bonds. The van der Waals surface area contributed by atoms with E-state index < -0.39 is 18.5 Å². The van der Waals surface area contributed by atoms with Gasteiger partial charge in [-0.15, -0.1) is 0 Å². The van der Waals surface area contributed by atoms with E-state index in [-0.39, 0.29) is 31.5 Å². The molecule has 0 aromatic heterocycles. The summed E-state index contributed by atoms with van der Waals surface area (Å²) in [5.41, 5.74) is 1.75. The van der Waals surface area contributed by atoms with E-state index in [1.54, 1.807) is 12.1 Å². The van der Waals surface area contributed by atoms with Crippen LogP contribution in [0, 0.1) is 0 Å². The molecule has 2 aromatic rings. The van der Waals surface area contributed by atoms with Crippen LogP contribution < -0.4 is 0 Å². The Balaban J connectivity index is 1.58. The molecule has 1 aliphatic rings. The van der Waals surface area contributed by atoms with Crippen LogP contribution in [-0.2, 0) is 19.0 Å². The van der Waals surface area contributed by atoms with E-state index in [2.05, 4.69) is 0 Å². The lowest BCUT2D eigenvalue weighted by atomic mass is 9.98. The molecule has 0 saturated carbocycles. The number of rotatable bonds is 6. The van der Waals surface area contributed by atoms with Crippen LogP contribution in [-0.4, -0.2) is 36.5 Å². The van der Waals surface area contributed by atoms with Gasteiger partial charge >= 0.3 is 5.97 Å². The highest BCUT2D eigenvalue weighted by Gasteiger charge is 2.35. The average Bonchev–Trinajstić information content (AvgIpc) is 2.69. The summed E-state index contributed by atoms with van der Waals surface area (Å²) in [6, 6.07) is 17.0. The Morgan fingerprint density at radius 2 is 1.93 bits per heavy atom. The van der Waals surface area contributed by atoms with Gasteiger partial charge in [-0.1, -0.05) is 67.1 Å². The molecule has 1 fully saturated rings. The lowest BCUT2D eigenvalue weighted by Crippen LogP contribution is -2.45. The van der Waals surface area contributed by atoms with Crippen molar-refractivity contribution in [3.05, 3.63) is 70.7 Å². The van der Waals surface area contributed by atoms with E-state index >= 15 is 0 Å². The van der Waals surface area contributed by atoms with Crippen molar-refractivity contribution >= 4 is 17.6 Å². The van der Waals surface area contributed by atoms with Crippen LogP contribution in [0.5, 0.6) is 0 Å². The molecular weight excluding hydrogens is 368 g/mol. The minimum Gasteiger partial charge on any atom is -0.457 e. The van der Waals surface area contributed by atoms with Crippen molar-refractivity contribution in [2.45, 2.75) is 37.8 Å². The van der Waals surface area contributed by atoms with E-state index in [9.17, 15) is 9.90 Å². The second-order valence-electron chi connectivity index (χ2n) is 6.59. The maximum atomic E-state index is 12.3. The number of aliphatic hydroxyl groups excluding tert-OH is 1. The van der Waals surface area contributed by atoms with Crippen LogP contribution in [0.25, 0.3) is 0 Å². The number of carbonyl (C=O) groups is 1. The summed E-state index contributed by atoms with van der Waals surface area (Å²) in [5, 5.41) is 10.2. The zero-order valence-electron chi connectivity index (χ0n) is 15.1. The second kappa shape index (κ2) is 9.33. The Morgan fingerprint density at radius 3 is 2.63 bits per heavy atom. The number of benzene rings is 2. The van der Waals surface area contributed by atoms with Gasteiger partial charge in [0, 0.05) is 10.6 Å². The maximum Gasteiger partial charge on any atom is 0.306 e. The molecule has 1 N–H and O–H groups in total. The smallest absolute Gasteiger partial charge is 0.306 e. The molecule has 4 atom stereocenters. The molecule has 1 aliphatic heterocycles. The first-order valence-corrected chi connectivity index (χ1v) is 9.33. The molecule has 144 valence electrons. The fourth-order valence-corrected chi connectivity index (χ4v) is 3.27. The quantitative estimate of drug-likeness (QED) is 0.759. The Hall–Kier alpha value is -1.92. The second-order valence-corrected chi connectivity index (χ2v) is 7.00. The summed E-state index contributed by atoms with van der Waals surface area (Å²) in [7, 11) is 0. The SMILES string of the molecule is CC(CC(=O)OC1COC(c2ccccc2Cl)OC1CO)c1ccccc1. The first-order chi connectivity index (χ1) is 13.1. The van der Waals surface area contributed by atoms with Crippen LogP contribution in [0.3, 0.4) is 0 Å². The van der Waals surface area contributed by atoms with E-state index in [1.807, 2.05) is 49.4 Å². The van der Waals surface area contributed by atoms with E-state index in [0.717, 1.165) is 5.56 Å². The molecule has 1 heterocycles. The number of halogens is 1. The highest BCUT2D eigenvalue weighted by molar-refractivity contribution is 6.31. The molecule has 6 heteroatoms. The standard InChI is InChI=1S/C21H23ClO5/c1-14(15-7-3-2-4-8-15)11-20(24)26-19-13-25-21(27-18(19)12-23)16-9-5-6-10-17(16)22/h2-10,14,18-19,21,23H,11-13H2,1H3. The lowest BCUT2D eigenvalue weighted by molar-refractivity contribution is -0.268. The van der Waals surface area contributed by atoms with Gasteiger partial charge in [0.05, 0.1) is 19.6 Å². The van der Waals surface area contributed by atoms with E-state index in [1.165, 1.54) is 0 Å². The number of carbonyl (C=O) groups excluding carboxylic acids is 1. The summed E-state index contributed by atoms with van der Waals surface area (Å²) in [4.78, 5) is 12.3. The van der Waals surface area contributed by atoms with Gasteiger partial charge in [0.2, 0.25) is 0 Å². The van der Waals surface area contributed by atoms with Crippen molar-refractivity contribution in [3.8, 4) is 0 Å². The highest BCUT2D eigenvalue weighted by atomic mass is 35.5. The third kappa shape index (κ3) is 5.08. The van der Waals surface area contributed by atoms with Crippen LogP contribution in [0.2, 0.25) is 5.02 Å². The van der Waals surface area contributed by atoms with Crippen molar-refractivity contribution in [2.24, 2.45) is 0 Å². The van der Waals surface area contributed by atoms with Gasteiger partial charge in [-0.3, -0.25) is 4.79 Å². The summed E-state index contributed by atoms with van der Waals surface area (Å²) in [6.07, 6.45) is -1.79. The van der Waals surface area contributed by atoms with Crippen molar-refractivity contribution in [1.29, 1.82) is 0 Å². The monoisotopic (exact) mass is 390 g/mol. The summed E-state index contributed by atoms with van der Waals surface area (Å²) in [6.45, 7) is 1.82. The zero-order chi connectivity index (χ0) is 19.2.